The van der Waals surface area contributed by atoms with Crippen LogP contribution in [0.3, 0.4) is 0 Å². The molecule has 4 rings (SSSR count). The van der Waals surface area contributed by atoms with Crippen molar-refractivity contribution >= 4 is 17.2 Å². The molecule has 1 unspecified atom stereocenters. The van der Waals surface area contributed by atoms with E-state index >= 15 is 0 Å². The lowest BCUT2D eigenvalue weighted by Gasteiger charge is -2.22. The first-order valence-electron chi connectivity index (χ1n) is 8.73. The van der Waals surface area contributed by atoms with Crippen molar-refractivity contribution in [3.63, 3.8) is 0 Å². The Kier molecular flexibility index (Phi) is 4.14. The van der Waals surface area contributed by atoms with Gasteiger partial charge in [0.05, 0.1) is 18.0 Å². The summed E-state index contributed by atoms with van der Waals surface area (Å²) >= 11 is 0. The fraction of sp³-hybridized carbons (Fsp3) is 0.300. The second-order valence-electron chi connectivity index (χ2n) is 6.29. The molecular weight excluding hydrogens is 314 g/mol. The Labute approximate surface area is 146 Å². The molecule has 0 bridgehead atoms. The van der Waals surface area contributed by atoms with E-state index in [1.54, 1.807) is 0 Å². The fourth-order valence-corrected chi connectivity index (χ4v) is 3.47. The summed E-state index contributed by atoms with van der Waals surface area (Å²) in [7, 11) is 0. The standard InChI is InChI=1S/C20H21N3O2/c1-2-25-18-8-4-3-7-16(18)22-20(24)14-10-11-15-17(13-14)23-12-6-5-9-19(23)21-15/h3-9,12,14H,2,10-11,13H2,1H3,(H,22,24). The van der Waals surface area contributed by atoms with Gasteiger partial charge in [0.1, 0.15) is 11.4 Å². The summed E-state index contributed by atoms with van der Waals surface area (Å²) in [6.07, 6.45) is 4.39. The molecule has 0 fully saturated rings. The maximum Gasteiger partial charge on any atom is 0.227 e. The van der Waals surface area contributed by atoms with Gasteiger partial charge in [-0.15, -0.1) is 0 Å². The molecule has 0 saturated heterocycles. The van der Waals surface area contributed by atoms with Gasteiger partial charge in [-0.25, -0.2) is 4.98 Å². The highest BCUT2D eigenvalue weighted by Crippen LogP contribution is 2.29. The van der Waals surface area contributed by atoms with Gasteiger partial charge in [0.15, 0.2) is 0 Å². The molecule has 1 aromatic carbocycles. The average Bonchev–Trinajstić information content (AvgIpc) is 3.01. The first-order valence-corrected chi connectivity index (χ1v) is 8.73. The number of fused-ring (bicyclic) bond motifs is 3. The number of benzene rings is 1. The number of aromatic nitrogens is 2. The van der Waals surface area contributed by atoms with Gasteiger partial charge in [0, 0.05) is 24.2 Å². The van der Waals surface area contributed by atoms with Crippen LogP contribution in [-0.4, -0.2) is 21.9 Å². The molecule has 25 heavy (non-hydrogen) atoms. The predicted octanol–water partition coefficient (Wildman–Crippen LogP) is 3.48. The normalized spacial score (nSPS) is 16.4. The number of carbonyl (C=O) groups is 1. The molecule has 1 amide bonds. The molecule has 0 spiro atoms. The van der Waals surface area contributed by atoms with Crippen molar-refractivity contribution in [1.29, 1.82) is 0 Å². The molecule has 5 heteroatoms. The minimum absolute atomic E-state index is 0.0451. The molecule has 1 aliphatic rings. The van der Waals surface area contributed by atoms with Gasteiger partial charge in [0.25, 0.3) is 0 Å². The number of imidazole rings is 1. The third kappa shape index (κ3) is 2.97. The Balaban J connectivity index is 1.54. The van der Waals surface area contributed by atoms with E-state index in [2.05, 4.69) is 14.7 Å². The molecular formula is C20H21N3O2. The van der Waals surface area contributed by atoms with Crippen LogP contribution in [-0.2, 0) is 17.6 Å². The number of anilines is 1. The lowest BCUT2D eigenvalue weighted by atomic mass is 9.89. The SMILES string of the molecule is CCOc1ccccc1NC(=O)C1CCc2nc3ccccn3c2C1. The van der Waals surface area contributed by atoms with E-state index in [1.807, 2.05) is 55.6 Å². The Bertz CT molecular complexity index is 916. The highest BCUT2D eigenvalue weighted by Gasteiger charge is 2.28. The number of hydrogen-bond acceptors (Lipinski definition) is 3. The van der Waals surface area contributed by atoms with E-state index in [4.69, 9.17) is 4.74 Å². The summed E-state index contributed by atoms with van der Waals surface area (Å²) < 4.78 is 7.70. The highest BCUT2D eigenvalue weighted by molar-refractivity contribution is 5.94. The fourth-order valence-electron chi connectivity index (χ4n) is 3.47. The first kappa shape index (κ1) is 15.7. The Morgan fingerprint density at radius 1 is 1.28 bits per heavy atom. The number of hydrogen-bond donors (Lipinski definition) is 1. The van der Waals surface area contributed by atoms with Crippen molar-refractivity contribution in [3.05, 3.63) is 60.0 Å². The maximum absolute atomic E-state index is 12.8. The number of pyridine rings is 1. The lowest BCUT2D eigenvalue weighted by molar-refractivity contribution is -0.120. The summed E-state index contributed by atoms with van der Waals surface area (Å²) in [5.41, 5.74) is 3.96. The number of amides is 1. The molecule has 0 aliphatic heterocycles. The summed E-state index contributed by atoms with van der Waals surface area (Å²) in [5, 5.41) is 3.04. The summed E-state index contributed by atoms with van der Waals surface area (Å²) in [5.74, 6) is 0.704. The summed E-state index contributed by atoms with van der Waals surface area (Å²) in [6.45, 7) is 2.51. The number of para-hydroxylation sites is 2. The predicted molar refractivity (Wildman–Crippen MR) is 96.9 cm³/mol. The zero-order chi connectivity index (χ0) is 17.2. The van der Waals surface area contributed by atoms with E-state index in [0.29, 0.717) is 18.8 Å². The van der Waals surface area contributed by atoms with Crippen LogP contribution >= 0.6 is 0 Å². The number of rotatable bonds is 4. The number of aryl methyl sites for hydroxylation is 1. The van der Waals surface area contributed by atoms with Gasteiger partial charge in [-0.3, -0.25) is 4.79 Å². The van der Waals surface area contributed by atoms with Crippen molar-refractivity contribution in [2.75, 3.05) is 11.9 Å². The van der Waals surface area contributed by atoms with Gasteiger partial charge in [-0.1, -0.05) is 18.2 Å². The Morgan fingerprint density at radius 3 is 3.00 bits per heavy atom. The van der Waals surface area contributed by atoms with Crippen LogP contribution in [0.1, 0.15) is 24.7 Å². The third-order valence-electron chi connectivity index (χ3n) is 4.70. The second kappa shape index (κ2) is 6.59. The molecule has 1 atom stereocenters. The number of nitrogens with one attached hydrogen (secondary N) is 1. The van der Waals surface area contributed by atoms with E-state index < -0.39 is 0 Å². The Hall–Kier alpha value is -2.82. The quantitative estimate of drug-likeness (QED) is 0.794. The first-order chi connectivity index (χ1) is 12.3. The number of ether oxygens (including phenoxy) is 1. The van der Waals surface area contributed by atoms with E-state index in [9.17, 15) is 4.79 Å². The molecule has 0 saturated carbocycles. The van der Waals surface area contributed by atoms with Crippen LogP contribution < -0.4 is 10.1 Å². The van der Waals surface area contributed by atoms with E-state index in [1.165, 1.54) is 0 Å². The summed E-state index contributed by atoms with van der Waals surface area (Å²) in [6, 6.07) is 13.6. The van der Waals surface area contributed by atoms with Gasteiger partial charge >= 0.3 is 0 Å². The van der Waals surface area contributed by atoms with Crippen molar-refractivity contribution < 1.29 is 9.53 Å². The Morgan fingerprint density at radius 2 is 2.12 bits per heavy atom. The molecule has 0 radical (unpaired) electrons. The minimum atomic E-state index is -0.0534. The molecule has 5 nitrogen and oxygen atoms in total. The van der Waals surface area contributed by atoms with Crippen LogP contribution in [0, 0.1) is 5.92 Å². The van der Waals surface area contributed by atoms with Crippen LogP contribution in [0.5, 0.6) is 5.75 Å². The molecule has 1 N–H and O–H groups in total. The lowest BCUT2D eigenvalue weighted by Crippen LogP contribution is -2.28. The van der Waals surface area contributed by atoms with Gasteiger partial charge in [-0.05, 0) is 44.0 Å². The van der Waals surface area contributed by atoms with E-state index in [-0.39, 0.29) is 11.8 Å². The minimum Gasteiger partial charge on any atom is -0.492 e. The van der Waals surface area contributed by atoms with Crippen LogP contribution in [0.15, 0.2) is 48.7 Å². The maximum atomic E-state index is 12.8. The number of carbonyl (C=O) groups excluding carboxylic acids is 1. The number of nitrogens with zero attached hydrogens (tertiary/aromatic N) is 2. The van der Waals surface area contributed by atoms with E-state index in [0.717, 1.165) is 35.6 Å². The average molecular weight is 335 g/mol. The van der Waals surface area contributed by atoms with Crippen molar-refractivity contribution in [3.8, 4) is 5.75 Å². The topological polar surface area (TPSA) is 55.6 Å². The molecule has 3 aromatic rings. The smallest absolute Gasteiger partial charge is 0.227 e. The highest BCUT2D eigenvalue weighted by atomic mass is 16.5. The van der Waals surface area contributed by atoms with Gasteiger partial charge in [0.2, 0.25) is 5.91 Å². The van der Waals surface area contributed by atoms with Gasteiger partial charge < -0.3 is 14.5 Å². The van der Waals surface area contributed by atoms with Crippen molar-refractivity contribution in [2.24, 2.45) is 5.92 Å². The summed E-state index contributed by atoms with van der Waals surface area (Å²) in [4.78, 5) is 17.5. The van der Waals surface area contributed by atoms with Crippen molar-refractivity contribution in [2.45, 2.75) is 26.2 Å². The van der Waals surface area contributed by atoms with Crippen LogP contribution in [0.25, 0.3) is 5.65 Å². The third-order valence-corrected chi connectivity index (χ3v) is 4.70. The van der Waals surface area contributed by atoms with Crippen LogP contribution in [0.4, 0.5) is 5.69 Å². The molecule has 2 aromatic heterocycles. The molecule has 128 valence electrons. The monoisotopic (exact) mass is 335 g/mol. The molecule has 2 heterocycles. The second-order valence-corrected chi connectivity index (χ2v) is 6.29. The largest absolute Gasteiger partial charge is 0.492 e. The zero-order valence-corrected chi connectivity index (χ0v) is 14.2. The van der Waals surface area contributed by atoms with Crippen molar-refractivity contribution in [1.82, 2.24) is 9.38 Å². The molecule has 1 aliphatic carbocycles. The van der Waals surface area contributed by atoms with Crippen LogP contribution in [0.2, 0.25) is 0 Å². The van der Waals surface area contributed by atoms with Gasteiger partial charge in [-0.2, -0.15) is 0 Å². The zero-order valence-electron chi connectivity index (χ0n) is 14.2.